The molecular weight excluding hydrogens is 372 g/mol. The first-order valence-corrected chi connectivity index (χ1v) is 9.38. The van der Waals surface area contributed by atoms with Gasteiger partial charge in [-0.05, 0) is 25.0 Å². The Hall–Kier alpha value is -3.39. The fourth-order valence-corrected chi connectivity index (χ4v) is 3.57. The van der Waals surface area contributed by atoms with Gasteiger partial charge in [-0.2, -0.15) is 0 Å². The van der Waals surface area contributed by atoms with E-state index >= 15 is 0 Å². The van der Waals surface area contributed by atoms with Gasteiger partial charge >= 0.3 is 0 Å². The lowest BCUT2D eigenvalue weighted by atomic mass is 9.95. The molecule has 1 fully saturated rings. The summed E-state index contributed by atoms with van der Waals surface area (Å²) in [5, 5.41) is 2.80. The number of nitrogens with two attached hydrogens (primary N) is 2. The summed E-state index contributed by atoms with van der Waals surface area (Å²) in [6.45, 7) is 1.65. The summed E-state index contributed by atoms with van der Waals surface area (Å²) in [7, 11) is 0. The first kappa shape index (κ1) is 20.3. The van der Waals surface area contributed by atoms with E-state index < -0.39 is 12.1 Å². The Balaban J connectivity index is 1.63. The van der Waals surface area contributed by atoms with Crippen LogP contribution in [0.3, 0.4) is 0 Å². The minimum absolute atomic E-state index is 0.161. The second-order valence-corrected chi connectivity index (χ2v) is 6.93. The van der Waals surface area contributed by atoms with Gasteiger partial charge in [0.15, 0.2) is 6.23 Å². The predicted molar refractivity (Wildman–Crippen MR) is 109 cm³/mol. The number of hydrogen-bond donors (Lipinski definition) is 3. The molecule has 2 aromatic rings. The van der Waals surface area contributed by atoms with Gasteiger partial charge in [-0.1, -0.05) is 36.4 Å². The van der Waals surface area contributed by atoms with Gasteiger partial charge in [0.2, 0.25) is 5.91 Å². The van der Waals surface area contributed by atoms with Crippen molar-refractivity contribution in [3.05, 3.63) is 59.7 Å². The summed E-state index contributed by atoms with van der Waals surface area (Å²) >= 11 is 0. The molecule has 1 unspecified atom stereocenters. The van der Waals surface area contributed by atoms with E-state index in [4.69, 9.17) is 16.2 Å². The highest BCUT2D eigenvalue weighted by molar-refractivity contribution is 6.04. The zero-order valence-corrected chi connectivity index (χ0v) is 15.9. The third-order valence-corrected chi connectivity index (χ3v) is 5.13. The van der Waals surface area contributed by atoms with Crippen LogP contribution < -0.4 is 16.8 Å². The number of likely N-dealkylation sites (tertiary alicyclic amines) is 1. The number of primary amides is 1. The third-order valence-electron chi connectivity index (χ3n) is 5.13. The molecule has 1 atom stereocenters. The molecule has 0 radical (unpaired) electrons. The zero-order chi connectivity index (χ0) is 20.8. The minimum atomic E-state index is -0.644. The van der Waals surface area contributed by atoms with Gasteiger partial charge in [0.1, 0.15) is 0 Å². The Kier molecular flexibility index (Phi) is 6.46. The maximum absolute atomic E-state index is 12.7. The molecule has 8 nitrogen and oxygen atoms in total. The maximum atomic E-state index is 12.7. The van der Waals surface area contributed by atoms with Crippen LogP contribution >= 0.6 is 0 Å². The lowest BCUT2D eigenvalue weighted by Gasteiger charge is -2.36. The van der Waals surface area contributed by atoms with Gasteiger partial charge in [0.05, 0.1) is 16.9 Å². The van der Waals surface area contributed by atoms with Crippen molar-refractivity contribution in [2.45, 2.75) is 19.1 Å². The van der Waals surface area contributed by atoms with Crippen molar-refractivity contribution in [1.82, 2.24) is 4.90 Å². The first-order chi connectivity index (χ1) is 14.0. The Bertz CT molecular complexity index is 880. The van der Waals surface area contributed by atoms with E-state index in [1.165, 1.54) is 6.07 Å². The Morgan fingerprint density at radius 2 is 1.79 bits per heavy atom. The molecule has 1 saturated heterocycles. The predicted octanol–water partition coefficient (Wildman–Crippen LogP) is 1.89. The number of nitrogen functional groups attached to an aromatic ring is 1. The monoisotopic (exact) mass is 396 g/mol. The Morgan fingerprint density at radius 1 is 1.10 bits per heavy atom. The minimum Gasteiger partial charge on any atom is -0.444 e. The number of carbonyl (C=O) groups is 3. The normalized spacial score (nSPS) is 16.0. The number of para-hydroxylation sites is 1. The second-order valence-electron chi connectivity index (χ2n) is 6.93. The van der Waals surface area contributed by atoms with Crippen LogP contribution in [0.5, 0.6) is 0 Å². The van der Waals surface area contributed by atoms with Gasteiger partial charge in [-0.3, -0.25) is 19.3 Å². The van der Waals surface area contributed by atoms with E-state index in [0.29, 0.717) is 38.1 Å². The second kappa shape index (κ2) is 9.20. The molecule has 2 aromatic carbocycles. The first-order valence-electron chi connectivity index (χ1n) is 9.38. The van der Waals surface area contributed by atoms with Crippen molar-refractivity contribution in [3.8, 4) is 0 Å². The number of hydrogen-bond acceptors (Lipinski definition) is 6. The van der Waals surface area contributed by atoms with Crippen LogP contribution in [0.4, 0.5) is 11.4 Å². The van der Waals surface area contributed by atoms with E-state index in [0.717, 1.165) is 5.56 Å². The van der Waals surface area contributed by atoms with E-state index in [9.17, 15) is 14.4 Å². The van der Waals surface area contributed by atoms with E-state index in [2.05, 4.69) is 5.32 Å². The molecular formula is C21H24N4O4. The summed E-state index contributed by atoms with van der Waals surface area (Å²) in [6.07, 6.45) is 0.736. The maximum Gasteiger partial charge on any atom is 0.294 e. The van der Waals surface area contributed by atoms with Crippen LogP contribution in [-0.4, -0.2) is 36.3 Å². The molecule has 8 heteroatoms. The molecule has 1 heterocycles. The number of nitrogens with zero attached hydrogens (tertiary/aromatic N) is 1. The van der Waals surface area contributed by atoms with Gasteiger partial charge in [-0.15, -0.1) is 0 Å². The average Bonchev–Trinajstić information content (AvgIpc) is 2.74. The highest BCUT2D eigenvalue weighted by Crippen LogP contribution is 2.29. The third kappa shape index (κ3) is 4.72. The largest absolute Gasteiger partial charge is 0.444 e. The van der Waals surface area contributed by atoms with Crippen LogP contribution in [0.1, 0.15) is 35.0 Å². The van der Waals surface area contributed by atoms with Crippen LogP contribution in [0.25, 0.3) is 0 Å². The number of anilines is 2. The fourth-order valence-electron chi connectivity index (χ4n) is 3.57. The molecule has 1 aliphatic heterocycles. The number of rotatable bonds is 7. The van der Waals surface area contributed by atoms with Crippen LogP contribution in [0, 0.1) is 5.92 Å². The highest BCUT2D eigenvalue weighted by Gasteiger charge is 2.30. The summed E-state index contributed by atoms with van der Waals surface area (Å²) in [5.74, 6) is -1.02. The molecule has 152 valence electrons. The number of benzene rings is 2. The summed E-state index contributed by atoms with van der Waals surface area (Å²) < 4.78 is 5.29. The Morgan fingerprint density at radius 3 is 2.41 bits per heavy atom. The number of ether oxygens (including phenoxy) is 1. The molecule has 2 amide bonds. The molecule has 29 heavy (non-hydrogen) atoms. The Labute approximate surface area is 168 Å². The number of piperidine rings is 1. The van der Waals surface area contributed by atoms with E-state index in [1.54, 1.807) is 12.1 Å². The molecule has 3 rings (SSSR count). The van der Waals surface area contributed by atoms with Crippen LogP contribution in [-0.2, 0) is 14.3 Å². The fraction of sp³-hybridized carbons (Fsp3) is 0.286. The summed E-state index contributed by atoms with van der Waals surface area (Å²) in [4.78, 5) is 37.1. The molecule has 0 aromatic heterocycles. The van der Waals surface area contributed by atoms with Gasteiger partial charge in [0.25, 0.3) is 12.4 Å². The van der Waals surface area contributed by atoms with Crippen molar-refractivity contribution >= 4 is 29.7 Å². The van der Waals surface area contributed by atoms with Gasteiger partial charge in [-0.25, -0.2) is 0 Å². The smallest absolute Gasteiger partial charge is 0.294 e. The van der Waals surface area contributed by atoms with Crippen LogP contribution in [0.2, 0.25) is 0 Å². The van der Waals surface area contributed by atoms with Crippen molar-refractivity contribution in [3.63, 3.8) is 0 Å². The standard InChI is InChI=1S/C21H24N4O4/c22-18-16(19(23)27)7-4-8-17(18)24-20(28)14-9-11-25(12-10-14)21(29-13-26)15-5-2-1-3-6-15/h1-8,13-14,21H,9-12,22H2,(H2,23,27)(H,24,28). The summed E-state index contributed by atoms with van der Waals surface area (Å²) in [5.41, 5.74) is 12.8. The van der Waals surface area contributed by atoms with Crippen molar-refractivity contribution < 1.29 is 19.1 Å². The van der Waals surface area contributed by atoms with Crippen LogP contribution in [0.15, 0.2) is 48.5 Å². The number of carbonyl (C=O) groups excluding carboxylic acids is 3. The van der Waals surface area contributed by atoms with E-state index in [1.807, 2.05) is 35.2 Å². The molecule has 0 spiro atoms. The topological polar surface area (TPSA) is 128 Å². The highest BCUT2D eigenvalue weighted by atomic mass is 16.5. The SMILES string of the molecule is NC(=O)c1cccc(NC(=O)C2CCN(C(OC=O)c3ccccc3)CC2)c1N. The van der Waals surface area contributed by atoms with E-state index in [-0.39, 0.29) is 23.1 Å². The zero-order valence-electron chi connectivity index (χ0n) is 15.9. The molecule has 0 aliphatic carbocycles. The quantitative estimate of drug-likeness (QED) is 0.484. The molecule has 1 aliphatic rings. The molecule has 5 N–H and O–H groups in total. The average molecular weight is 396 g/mol. The van der Waals surface area contributed by atoms with Crippen molar-refractivity contribution in [1.29, 1.82) is 0 Å². The van der Waals surface area contributed by atoms with Crippen molar-refractivity contribution in [2.24, 2.45) is 11.7 Å². The lowest BCUT2D eigenvalue weighted by Crippen LogP contribution is -2.41. The van der Waals surface area contributed by atoms with Crippen molar-refractivity contribution in [2.75, 3.05) is 24.1 Å². The molecule has 0 bridgehead atoms. The lowest BCUT2D eigenvalue weighted by molar-refractivity contribution is -0.147. The van der Waals surface area contributed by atoms with Gasteiger partial charge < -0.3 is 21.5 Å². The van der Waals surface area contributed by atoms with Gasteiger partial charge in [0, 0.05) is 24.6 Å². The molecule has 0 saturated carbocycles. The number of nitrogens with one attached hydrogen (secondary N) is 1. The number of amides is 2. The summed E-state index contributed by atoms with van der Waals surface area (Å²) in [6, 6.07) is 14.3.